The predicted octanol–water partition coefficient (Wildman–Crippen LogP) is 3.72. The van der Waals surface area contributed by atoms with Crippen LogP contribution in [0.25, 0.3) is 0 Å². The van der Waals surface area contributed by atoms with Crippen LogP contribution < -0.4 is 0 Å². The second kappa shape index (κ2) is 4.39. The highest BCUT2D eigenvalue weighted by molar-refractivity contribution is 7.99. The van der Waals surface area contributed by atoms with Crippen LogP contribution in [0.3, 0.4) is 0 Å². The first-order chi connectivity index (χ1) is 6.39. The fourth-order valence-electron chi connectivity index (χ4n) is 0.933. The SMILES string of the molecule is CC(C)CSc1cc(C(C)(C)C)on1. The summed E-state index contributed by atoms with van der Waals surface area (Å²) in [4.78, 5) is 0. The van der Waals surface area contributed by atoms with Gasteiger partial charge in [0.15, 0.2) is 0 Å². The molecular formula is C11H19NOS. The minimum absolute atomic E-state index is 0.0592. The Morgan fingerprint density at radius 1 is 1.43 bits per heavy atom. The van der Waals surface area contributed by atoms with E-state index in [1.807, 2.05) is 6.07 Å². The van der Waals surface area contributed by atoms with Gasteiger partial charge in [0.2, 0.25) is 0 Å². The second-order valence-electron chi connectivity index (χ2n) is 4.98. The first-order valence-electron chi connectivity index (χ1n) is 4.99. The van der Waals surface area contributed by atoms with Gasteiger partial charge in [-0.05, 0) is 5.92 Å². The molecule has 0 N–H and O–H groups in total. The lowest BCUT2D eigenvalue weighted by molar-refractivity contribution is 0.321. The summed E-state index contributed by atoms with van der Waals surface area (Å²) in [6.07, 6.45) is 0. The third kappa shape index (κ3) is 3.37. The zero-order chi connectivity index (χ0) is 10.8. The van der Waals surface area contributed by atoms with Gasteiger partial charge < -0.3 is 4.52 Å². The van der Waals surface area contributed by atoms with Gasteiger partial charge in [-0.2, -0.15) is 0 Å². The van der Waals surface area contributed by atoms with Crippen molar-refractivity contribution >= 4 is 11.8 Å². The van der Waals surface area contributed by atoms with Crippen molar-refractivity contribution < 1.29 is 4.52 Å². The van der Waals surface area contributed by atoms with Crippen molar-refractivity contribution in [2.45, 2.75) is 45.1 Å². The Balaban J connectivity index is 2.60. The molecule has 0 aliphatic heterocycles. The summed E-state index contributed by atoms with van der Waals surface area (Å²) in [5.74, 6) is 2.74. The van der Waals surface area contributed by atoms with Gasteiger partial charge in [-0.3, -0.25) is 0 Å². The maximum atomic E-state index is 5.29. The fraction of sp³-hybridized carbons (Fsp3) is 0.727. The lowest BCUT2D eigenvalue weighted by Gasteiger charge is -2.12. The topological polar surface area (TPSA) is 26.0 Å². The Hall–Kier alpha value is -0.440. The first-order valence-corrected chi connectivity index (χ1v) is 5.98. The highest BCUT2D eigenvalue weighted by Crippen LogP contribution is 2.27. The normalized spacial score (nSPS) is 12.4. The van der Waals surface area contributed by atoms with Crippen molar-refractivity contribution in [3.8, 4) is 0 Å². The van der Waals surface area contributed by atoms with Crippen LogP contribution in [0, 0.1) is 5.92 Å². The Kier molecular flexibility index (Phi) is 3.65. The Morgan fingerprint density at radius 3 is 2.50 bits per heavy atom. The van der Waals surface area contributed by atoms with Crippen molar-refractivity contribution in [2.75, 3.05) is 5.75 Å². The van der Waals surface area contributed by atoms with E-state index in [-0.39, 0.29) is 5.41 Å². The highest BCUT2D eigenvalue weighted by Gasteiger charge is 2.19. The van der Waals surface area contributed by atoms with Crippen molar-refractivity contribution in [3.63, 3.8) is 0 Å². The van der Waals surface area contributed by atoms with Crippen LogP contribution in [-0.2, 0) is 5.41 Å². The molecule has 80 valence electrons. The molecule has 0 radical (unpaired) electrons. The number of rotatable bonds is 3. The van der Waals surface area contributed by atoms with E-state index in [1.54, 1.807) is 11.8 Å². The van der Waals surface area contributed by atoms with E-state index in [0.29, 0.717) is 5.92 Å². The van der Waals surface area contributed by atoms with Gasteiger partial charge in [-0.25, -0.2) is 0 Å². The van der Waals surface area contributed by atoms with Crippen LogP contribution in [0.15, 0.2) is 15.6 Å². The van der Waals surface area contributed by atoms with E-state index in [2.05, 4.69) is 39.8 Å². The van der Waals surface area contributed by atoms with Crippen LogP contribution in [0.4, 0.5) is 0 Å². The Labute approximate surface area is 90.4 Å². The minimum atomic E-state index is 0.0592. The Morgan fingerprint density at radius 2 is 2.07 bits per heavy atom. The van der Waals surface area contributed by atoms with Crippen LogP contribution in [0.1, 0.15) is 40.4 Å². The number of hydrogen-bond acceptors (Lipinski definition) is 3. The van der Waals surface area contributed by atoms with E-state index < -0.39 is 0 Å². The number of hydrogen-bond donors (Lipinski definition) is 0. The average molecular weight is 213 g/mol. The van der Waals surface area contributed by atoms with E-state index in [1.165, 1.54) is 0 Å². The molecule has 0 fully saturated rings. The molecule has 0 atom stereocenters. The van der Waals surface area contributed by atoms with Gasteiger partial charge in [-0.1, -0.05) is 39.8 Å². The smallest absolute Gasteiger partial charge is 0.143 e. The number of nitrogens with zero attached hydrogens (tertiary/aromatic N) is 1. The molecule has 0 saturated carbocycles. The first kappa shape index (κ1) is 11.6. The molecule has 0 aromatic carbocycles. The standard InChI is InChI=1S/C11H19NOS/c1-8(2)7-14-10-6-9(13-12-10)11(3,4)5/h6,8H,7H2,1-5H3. The van der Waals surface area contributed by atoms with Crippen LogP contribution in [0.5, 0.6) is 0 Å². The fourth-order valence-corrected chi connectivity index (χ4v) is 1.72. The summed E-state index contributed by atoms with van der Waals surface area (Å²) in [5, 5.41) is 5.05. The molecular weight excluding hydrogens is 194 g/mol. The third-order valence-corrected chi connectivity index (χ3v) is 3.11. The molecule has 14 heavy (non-hydrogen) atoms. The molecule has 0 saturated heterocycles. The van der Waals surface area contributed by atoms with E-state index in [0.717, 1.165) is 16.5 Å². The summed E-state index contributed by atoms with van der Waals surface area (Å²) in [7, 11) is 0. The van der Waals surface area contributed by atoms with E-state index in [9.17, 15) is 0 Å². The van der Waals surface area contributed by atoms with E-state index in [4.69, 9.17) is 4.52 Å². The summed E-state index contributed by atoms with van der Waals surface area (Å²) < 4.78 is 5.29. The zero-order valence-corrected chi connectivity index (χ0v) is 10.4. The molecule has 1 heterocycles. The van der Waals surface area contributed by atoms with E-state index >= 15 is 0 Å². The van der Waals surface area contributed by atoms with Crippen molar-refractivity contribution in [1.29, 1.82) is 0 Å². The molecule has 1 aromatic heterocycles. The average Bonchev–Trinajstić information content (AvgIpc) is 2.47. The molecule has 0 unspecified atom stereocenters. The van der Waals surface area contributed by atoms with Gasteiger partial charge in [0.1, 0.15) is 10.8 Å². The Bertz CT molecular complexity index is 286. The monoisotopic (exact) mass is 213 g/mol. The largest absolute Gasteiger partial charge is 0.360 e. The molecule has 1 rings (SSSR count). The summed E-state index contributed by atoms with van der Waals surface area (Å²) in [6, 6.07) is 2.05. The van der Waals surface area contributed by atoms with Gasteiger partial charge in [0.25, 0.3) is 0 Å². The van der Waals surface area contributed by atoms with Gasteiger partial charge >= 0.3 is 0 Å². The number of aromatic nitrogens is 1. The molecule has 3 heteroatoms. The van der Waals surface area contributed by atoms with Gasteiger partial charge in [0, 0.05) is 17.2 Å². The van der Waals surface area contributed by atoms with Crippen LogP contribution in [0.2, 0.25) is 0 Å². The van der Waals surface area contributed by atoms with Crippen molar-refractivity contribution in [3.05, 3.63) is 11.8 Å². The number of thioether (sulfide) groups is 1. The molecule has 1 aromatic rings. The molecule has 0 aliphatic rings. The summed E-state index contributed by atoms with van der Waals surface area (Å²) in [6.45, 7) is 10.8. The van der Waals surface area contributed by atoms with Gasteiger partial charge in [-0.15, -0.1) is 11.8 Å². The molecule has 0 bridgehead atoms. The van der Waals surface area contributed by atoms with Gasteiger partial charge in [0.05, 0.1) is 0 Å². The third-order valence-electron chi connectivity index (χ3n) is 1.79. The quantitative estimate of drug-likeness (QED) is 0.716. The molecule has 2 nitrogen and oxygen atoms in total. The maximum absolute atomic E-state index is 5.29. The zero-order valence-electron chi connectivity index (χ0n) is 9.63. The highest BCUT2D eigenvalue weighted by atomic mass is 32.2. The minimum Gasteiger partial charge on any atom is -0.360 e. The lowest BCUT2D eigenvalue weighted by atomic mass is 9.94. The summed E-state index contributed by atoms with van der Waals surface area (Å²) >= 11 is 1.76. The molecule has 0 amide bonds. The van der Waals surface area contributed by atoms with Crippen LogP contribution in [-0.4, -0.2) is 10.9 Å². The molecule has 0 aliphatic carbocycles. The van der Waals surface area contributed by atoms with Crippen molar-refractivity contribution in [2.24, 2.45) is 5.92 Å². The predicted molar refractivity (Wildman–Crippen MR) is 60.8 cm³/mol. The summed E-state index contributed by atoms with van der Waals surface area (Å²) in [5.41, 5.74) is 0.0592. The van der Waals surface area contributed by atoms with Crippen molar-refractivity contribution in [1.82, 2.24) is 5.16 Å². The maximum Gasteiger partial charge on any atom is 0.143 e. The molecule has 0 spiro atoms. The lowest BCUT2D eigenvalue weighted by Crippen LogP contribution is -2.09. The van der Waals surface area contributed by atoms with Crippen LogP contribution >= 0.6 is 11.8 Å². The second-order valence-corrected chi connectivity index (χ2v) is 6.02.